The first kappa shape index (κ1) is 24.9. The molecule has 0 saturated carbocycles. The van der Waals surface area contributed by atoms with Crippen molar-refractivity contribution in [1.82, 2.24) is 10.3 Å². The van der Waals surface area contributed by atoms with Crippen molar-refractivity contribution >= 4 is 20.7 Å². The number of halogens is 3. The second kappa shape index (κ2) is 10.2. The van der Waals surface area contributed by atoms with Crippen LogP contribution in [-0.4, -0.2) is 32.2 Å². The van der Waals surface area contributed by atoms with E-state index in [4.69, 9.17) is 0 Å². The number of nitrogens with one attached hydrogen (secondary N) is 1. The molecule has 182 valence electrons. The van der Waals surface area contributed by atoms with Gasteiger partial charge in [0.2, 0.25) is 0 Å². The van der Waals surface area contributed by atoms with Crippen LogP contribution in [-0.2, 0) is 16.0 Å². The van der Waals surface area contributed by atoms with Crippen LogP contribution in [0.25, 0.3) is 33.2 Å². The summed E-state index contributed by atoms with van der Waals surface area (Å²) >= 11 is 0. The number of rotatable bonds is 8. The Morgan fingerprint density at radius 3 is 2.31 bits per heavy atom. The standard InChI is InChI=1S/C27H25F3N2O2S/c1-2-31-14-6-16-35(33,34)22-10-4-8-20(18-22)19-7-3-9-21(17-19)23-13-15-32-26-24(23)11-5-12-25(26)27(28,29)30/h3-5,7-13,15,17-18,31H,2,6,14,16H2,1H3. The summed E-state index contributed by atoms with van der Waals surface area (Å²) < 4.78 is 66.1. The first-order valence-electron chi connectivity index (χ1n) is 11.3. The lowest BCUT2D eigenvalue weighted by Gasteiger charge is -2.13. The van der Waals surface area contributed by atoms with E-state index in [-0.39, 0.29) is 16.2 Å². The van der Waals surface area contributed by atoms with Crippen LogP contribution in [0.4, 0.5) is 13.2 Å². The summed E-state index contributed by atoms with van der Waals surface area (Å²) in [5, 5.41) is 3.52. The number of aromatic nitrogens is 1. The maximum Gasteiger partial charge on any atom is 0.418 e. The van der Waals surface area contributed by atoms with Gasteiger partial charge in [0, 0.05) is 11.6 Å². The van der Waals surface area contributed by atoms with E-state index < -0.39 is 21.6 Å². The minimum atomic E-state index is -4.51. The molecule has 0 bridgehead atoms. The molecule has 0 radical (unpaired) electrons. The lowest BCUT2D eigenvalue weighted by molar-refractivity contribution is -0.136. The predicted octanol–water partition coefficient (Wildman–Crippen LogP) is 6.36. The van der Waals surface area contributed by atoms with Gasteiger partial charge in [0.25, 0.3) is 0 Å². The van der Waals surface area contributed by atoms with Gasteiger partial charge in [-0.2, -0.15) is 13.2 Å². The smallest absolute Gasteiger partial charge is 0.317 e. The Kier molecular flexibility index (Phi) is 7.23. The molecular formula is C27H25F3N2O2S. The molecule has 0 atom stereocenters. The van der Waals surface area contributed by atoms with Gasteiger partial charge in [0.15, 0.2) is 9.84 Å². The van der Waals surface area contributed by atoms with Gasteiger partial charge in [0.05, 0.1) is 21.7 Å². The third-order valence-electron chi connectivity index (χ3n) is 5.79. The van der Waals surface area contributed by atoms with E-state index in [1.807, 2.05) is 37.3 Å². The fourth-order valence-corrected chi connectivity index (χ4v) is 5.43. The van der Waals surface area contributed by atoms with E-state index in [1.165, 1.54) is 12.3 Å². The predicted molar refractivity (Wildman–Crippen MR) is 133 cm³/mol. The van der Waals surface area contributed by atoms with Crippen molar-refractivity contribution in [2.24, 2.45) is 0 Å². The number of fused-ring (bicyclic) bond motifs is 1. The fraction of sp³-hybridized carbons (Fsp3) is 0.222. The number of pyridine rings is 1. The Bertz CT molecular complexity index is 1450. The van der Waals surface area contributed by atoms with Crippen molar-refractivity contribution in [3.8, 4) is 22.3 Å². The highest BCUT2D eigenvalue weighted by atomic mass is 32.2. The first-order chi connectivity index (χ1) is 16.7. The number of alkyl halides is 3. The molecule has 4 nitrogen and oxygen atoms in total. The molecule has 0 aliphatic rings. The molecule has 0 unspecified atom stereocenters. The van der Waals surface area contributed by atoms with Crippen LogP contribution >= 0.6 is 0 Å². The van der Waals surface area contributed by atoms with Gasteiger partial charge < -0.3 is 5.32 Å². The molecule has 0 fully saturated rings. The molecule has 0 saturated heterocycles. The van der Waals surface area contributed by atoms with Crippen molar-refractivity contribution in [2.75, 3.05) is 18.8 Å². The van der Waals surface area contributed by atoms with Gasteiger partial charge in [0.1, 0.15) is 0 Å². The van der Waals surface area contributed by atoms with E-state index in [0.717, 1.165) is 18.2 Å². The summed E-state index contributed by atoms with van der Waals surface area (Å²) in [5.74, 6) is 0.0496. The molecule has 35 heavy (non-hydrogen) atoms. The van der Waals surface area contributed by atoms with Gasteiger partial charge in [-0.3, -0.25) is 4.98 Å². The lowest BCUT2D eigenvalue weighted by atomic mass is 9.96. The van der Waals surface area contributed by atoms with E-state index in [1.54, 1.807) is 30.3 Å². The van der Waals surface area contributed by atoms with E-state index in [2.05, 4.69) is 10.3 Å². The molecule has 8 heteroatoms. The zero-order valence-corrected chi connectivity index (χ0v) is 20.0. The van der Waals surface area contributed by atoms with Crippen molar-refractivity contribution in [2.45, 2.75) is 24.4 Å². The zero-order chi connectivity index (χ0) is 25.1. The Morgan fingerprint density at radius 1 is 0.886 bits per heavy atom. The highest BCUT2D eigenvalue weighted by Crippen LogP contribution is 2.37. The average molecular weight is 499 g/mol. The highest BCUT2D eigenvalue weighted by Gasteiger charge is 2.33. The second-order valence-electron chi connectivity index (χ2n) is 8.19. The minimum Gasteiger partial charge on any atom is -0.317 e. The second-order valence-corrected chi connectivity index (χ2v) is 10.3. The number of benzene rings is 3. The molecule has 4 aromatic rings. The molecule has 1 N–H and O–H groups in total. The quantitative estimate of drug-likeness (QED) is 0.287. The molecule has 0 aliphatic carbocycles. The van der Waals surface area contributed by atoms with Crippen LogP contribution in [0.1, 0.15) is 18.9 Å². The van der Waals surface area contributed by atoms with Gasteiger partial charge in [-0.1, -0.05) is 49.4 Å². The first-order valence-corrected chi connectivity index (χ1v) is 13.0. The number of hydrogen-bond donors (Lipinski definition) is 1. The summed E-state index contributed by atoms with van der Waals surface area (Å²) in [4.78, 5) is 4.25. The maximum absolute atomic E-state index is 13.5. The summed E-state index contributed by atoms with van der Waals surface area (Å²) in [6, 6.07) is 19.8. The monoisotopic (exact) mass is 498 g/mol. The van der Waals surface area contributed by atoms with E-state index in [0.29, 0.717) is 35.0 Å². The van der Waals surface area contributed by atoms with Crippen molar-refractivity contribution in [1.29, 1.82) is 0 Å². The van der Waals surface area contributed by atoms with Crippen LogP contribution in [0.15, 0.2) is 83.9 Å². The molecular weight excluding hydrogens is 473 g/mol. The lowest BCUT2D eigenvalue weighted by Crippen LogP contribution is -2.18. The molecule has 4 rings (SSSR count). The van der Waals surface area contributed by atoms with Crippen molar-refractivity contribution < 1.29 is 21.6 Å². The van der Waals surface area contributed by atoms with Crippen LogP contribution in [0, 0.1) is 0 Å². The number of nitrogens with zero attached hydrogens (tertiary/aromatic N) is 1. The molecule has 0 amide bonds. The van der Waals surface area contributed by atoms with Gasteiger partial charge >= 0.3 is 6.18 Å². The molecule has 1 heterocycles. The SMILES string of the molecule is CCNCCCS(=O)(=O)c1cccc(-c2cccc(-c3ccnc4c(C(F)(F)F)cccc34)c2)c1. The van der Waals surface area contributed by atoms with E-state index in [9.17, 15) is 21.6 Å². The summed E-state index contributed by atoms with van der Waals surface area (Å²) in [7, 11) is -3.44. The minimum absolute atomic E-state index is 0.0496. The summed E-state index contributed by atoms with van der Waals surface area (Å²) in [6.45, 7) is 3.39. The Labute approximate surface area is 202 Å². The Morgan fingerprint density at radius 2 is 1.57 bits per heavy atom. The fourth-order valence-electron chi connectivity index (χ4n) is 4.07. The van der Waals surface area contributed by atoms with Crippen molar-refractivity contribution in [3.63, 3.8) is 0 Å². The van der Waals surface area contributed by atoms with Gasteiger partial charge in [-0.25, -0.2) is 8.42 Å². The molecule has 1 aromatic heterocycles. The van der Waals surface area contributed by atoms with Crippen LogP contribution < -0.4 is 5.32 Å². The van der Waals surface area contributed by atoms with Crippen LogP contribution in [0.3, 0.4) is 0 Å². The summed E-state index contributed by atoms with van der Waals surface area (Å²) in [5.41, 5.74) is 1.94. The van der Waals surface area contributed by atoms with Crippen LogP contribution in [0.2, 0.25) is 0 Å². The van der Waals surface area contributed by atoms with E-state index >= 15 is 0 Å². The van der Waals surface area contributed by atoms with Gasteiger partial charge in [-0.15, -0.1) is 0 Å². The largest absolute Gasteiger partial charge is 0.418 e. The molecule has 3 aromatic carbocycles. The Balaban J connectivity index is 1.71. The normalized spacial score (nSPS) is 12.2. The molecule has 0 aliphatic heterocycles. The van der Waals surface area contributed by atoms with Crippen LogP contribution in [0.5, 0.6) is 0 Å². The number of hydrogen-bond acceptors (Lipinski definition) is 4. The zero-order valence-electron chi connectivity index (χ0n) is 19.1. The topological polar surface area (TPSA) is 59.1 Å². The van der Waals surface area contributed by atoms with Gasteiger partial charge in [-0.05, 0) is 72.1 Å². The number of sulfone groups is 1. The van der Waals surface area contributed by atoms with Crippen molar-refractivity contribution in [3.05, 3.63) is 84.6 Å². The maximum atomic E-state index is 13.5. The highest BCUT2D eigenvalue weighted by molar-refractivity contribution is 7.91. The average Bonchev–Trinajstić information content (AvgIpc) is 2.85. The summed E-state index contributed by atoms with van der Waals surface area (Å²) in [6.07, 6.45) is -2.61. The third-order valence-corrected chi connectivity index (χ3v) is 7.59. The number of para-hydroxylation sites is 1. The Hall–Kier alpha value is -3.23. The third kappa shape index (κ3) is 5.55. The molecule has 0 spiro atoms.